The second kappa shape index (κ2) is 7.00. The minimum absolute atomic E-state index is 0.126. The first-order chi connectivity index (χ1) is 10.5. The molecule has 2 aromatic rings. The summed E-state index contributed by atoms with van der Waals surface area (Å²) in [5.74, 6) is 0.267. The van der Waals surface area contributed by atoms with Crippen molar-refractivity contribution in [1.29, 1.82) is 0 Å². The zero-order valence-corrected chi connectivity index (χ0v) is 12.8. The first-order valence-corrected chi connectivity index (χ1v) is 6.93. The van der Waals surface area contributed by atoms with Crippen molar-refractivity contribution < 1.29 is 19.1 Å². The van der Waals surface area contributed by atoms with Crippen LogP contribution < -0.4 is 10.2 Å². The van der Waals surface area contributed by atoms with Crippen molar-refractivity contribution in [3.63, 3.8) is 0 Å². The molecule has 2 rings (SSSR count). The van der Waals surface area contributed by atoms with Gasteiger partial charge in [0.15, 0.2) is 11.5 Å². The van der Waals surface area contributed by atoms with Crippen LogP contribution in [0, 0.1) is 6.92 Å². The summed E-state index contributed by atoms with van der Waals surface area (Å²) in [6.45, 7) is 3.87. The van der Waals surface area contributed by atoms with Crippen LogP contribution in [-0.4, -0.2) is 23.8 Å². The van der Waals surface area contributed by atoms with E-state index in [0.29, 0.717) is 23.5 Å². The second-order valence-corrected chi connectivity index (χ2v) is 4.78. The monoisotopic (exact) mass is 322 g/mol. The van der Waals surface area contributed by atoms with Gasteiger partial charge in [0.1, 0.15) is 5.76 Å². The Kier molecular flexibility index (Phi) is 5.06. The highest BCUT2D eigenvalue weighted by Crippen LogP contribution is 2.34. The fourth-order valence-electron chi connectivity index (χ4n) is 1.78. The lowest BCUT2D eigenvalue weighted by molar-refractivity contribution is 0.0953. The van der Waals surface area contributed by atoms with E-state index in [1.165, 1.54) is 18.5 Å². The fraction of sp³-hybridized carbons (Fsp3) is 0.200. The summed E-state index contributed by atoms with van der Waals surface area (Å²) in [7, 11) is 0. The van der Waals surface area contributed by atoms with Gasteiger partial charge in [-0.1, -0.05) is 11.6 Å². The molecule has 2 N–H and O–H groups in total. The van der Waals surface area contributed by atoms with Crippen molar-refractivity contribution in [2.45, 2.75) is 13.8 Å². The predicted octanol–water partition coefficient (Wildman–Crippen LogP) is 3.11. The summed E-state index contributed by atoms with van der Waals surface area (Å²) in [5.41, 5.74) is 3.38. The number of nitrogens with zero attached hydrogens (tertiary/aromatic N) is 1. The SMILES string of the molecule is CCOc1cc(/C=N/NC(=O)c2ccoc2C)cc(Cl)c1O. The van der Waals surface area contributed by atoms with Gasteiger partial charge in [-0.05, 0) is 37.6 Å². The van der Waals surface area contributed by atoms with Crippen LogP contribution in [0.5, 0.6) is 11.5 Å². The van der Waals surface area contributed by atoms with E-state index in [4.69, 9.17) is 20.8 Å². The van der Waals surface area contributed by atoms with E-state index >= 15 is 0 Å². The molecular weight excluding hydrogens is 308 g/mol. The third-order valence-electron chi connectivity index (χ3n) is 2.83. The van der Waals surface area contributed by atoms with Gasteiger partial charge in [0.05, 0.1) is 29.7 Å². The Bertz CT molecular complexity index is 710. The van der Waals surface area contributed by atoms with Gasteiger partial charge in [-0.2, -0.15) is 5.10 Å². The summed E-state index contributed by atoms with van der Waals surface area (Å²) in [5, 5.41) is 13.7. The average Bonchev–Trinajstić information content (AvgIpc) is 2.90. The third kappa shape index (κ3) is 3.59. The molecule has 0 radical (unpaired) electrons. The first-order valence-electron chi connectivity index (χ1n) is 6.55. The lowest BCUT2D eigenvalue weighted by Gasteiger charge is -2.08. The number of carbonyl (C=O) groups excluding carboxylic acids is 1. The molecule has 1 aromatic heterocycles. The molecular formula is C15H15ClN2O4. The Balaban J connectivity index is 2.10. The number of phenols is 1. The third-order valence-corrected chi connectivity index (χ3v) is 3.12. The molecule has 1 heterocycles. The Hall–Kier alpha value is -2.47. The van der Waals surface area contributed by atoms with Crippen LogP contribution in [0.4, 0.5) is 0 Å². The topological polar surface area (TPSA) is 84.1 Å². The Labute approximate surface area is 132 Å². The highest BCUT2D eigenvalue weighted by Gasteiger charge is 2.11. The average molecular weight is 323 g/mol. The number of nitrogens with one attached hydrogen (secondary N) is 1. The number of furan rings is 1. The number of hydrazone groups is 1. The summed E-state index contributed by atoms with van der Waals surface area (Å²) in [4.78, 5) is 11.8. The van der Waals surface area contributed by atoms with Gasteiger partial charge in [-0.3, -0.25) is 4.79 Å². The minimum atomic E-state index is -0.377. The quantitative estimate of drug-likeness (QED) is 0.654. The molecule has 0 aliphatic carbocycles. The summed E-state index contributed by atoms with van der Waals surface area (Å²) in [6, 6.07) is 4.65. The number of halogens is 1. The van der Waals surface area contributed by atoms with Gasteiger partial charge in [0, 0.05) is 0 Å². The molecule has 0 bridgehead atoms. The molecule has 6 nitrogen and oxygen atoms in total. The number of aryl methyl sites for hydroxylation is 1. The van der Waals surface area contributed by atoms with E-state index < -0.39 is 0 Å². The van der Waals surface area contributed by atoms with Crippen molar-refractivity contribution in [2.75, 3.05) is 6.61 Å². The number of hydrogen-bond acceptors (Lipinski definition) is 5. The van der Waals surface area contributed by atoms with Crippen LogP contribution in [0.2, 0.25) is 5.02 Å². The van der Waals surface area contributed by atoms with Gasteiger partial charge >= 0.3 is 0 Å². The molecule has 0 atom stereocenters. The number of benzene rings is 1. The highest BCUT2D eigenvalue weighted by molar-refractivity contribution is 6.32. The van der Waals surface area contributed by atoms with Crippen molar-refractivity contribution in [1.82, 2.24) is 5.43 Å². The molecule has 1 aromatic carbocycles. The number of carbonyl (C=O) groups is 1. The normalized spacial score (nSPS) is 10.9. The lowest BCUT2D eigenvalue weighted by Crippen LogP contribution is -2.17. The molecule has 1 amide bonds. The predicted molar refractivity (Wildman–Crippen MR) is 82.8 cm³/mol. The number of aromatic hydroxyl groups is 1. The van der Waals surface area contributed by atoms with Crippen molar-refractivity contribution in [3.05, 3.63) is 46.4 Å². The standard InChI is InChI=1S/C15H15ClN2O4/c1-3-21-13-7-10(6-12(16)14(13)19)8-17-18-15(20)11-4-5-22-9(11)2/h4-8,19H,3H2,1-2H3,(H,18,20)/b17-8+. The summed E-state index contributed by atoms with van der Waals surface area (Å²) < 4.78 is 10.3. The smallest absolute Gasteiger partial charge is 0.274 e. The molecule has 0 fully saturated rings. The van der Waals surface area contributed by atoms with Gasteiger partial charge in [0.2, 0.25) is 0 Å². The van der Waals surface area contributed by atoms with Crippen LogP contribution >= 0.6 is 11.6 Å². The van der Waals surface area contributed by atoms with E-state index in [2.05, 4.69) is 10.5 Å². The molecule has 0 unspecified atom stereocenters. The van der Waals surface area contributed by atoms with E-state index in [0.717, 1.165) is 0 Å². The van der Waals surface area contributed by atoms with Gasteiger partial charge in [-0.15, -0.1) is 0 Å². The lowest BCUT2D eigenvalue weighted by atomic mass is 10.2. The number of rotatable bonds is 5. The minimum Gasteiger partial charge on any atom is -0.503 e. The van der Waals surface area contributed by atoms with E-state index in [9.17, 15) is 9.90 Å². The van der Waals surface area contributed by atoms with E-state index in [-0.39, 0.29) is 22.4 Å². The maximum absolute atomic E-state index is 11.8. The Morgan fingerprint density at radius 2 is 2.32 bits per heavy atom. The van der Waals surface area contributed by atoms with Crippen LogP contribution in [0.3, 0.4) is 0 Å². The zero-order valence-electron chi connectivity index (χ0n) is 12.1. The Morgan fingerprint density at radius 3 is 2.95 bits per heavy atom. The number of hydrogen-bond donors (Lipinski definition) is 2. The molecule has 0 saturated carbocycles. The molecule has 7 heteroatoms. The second-order valence-electron chi connectivity index (χ2n) is 4.37. The molecule has 116 valence electrons. The van der Waals surface area contributed by atoms with Crippen molar-refractivity contribution >= 4 is 23.7 Å². The highest BCUT2D eigenvalue weighted by atomic mass is 35.5. The van der Waals surface area contributed by atoms with Crippen LogP contribution in [0.25, 0.3) is 0 Å². The van der Waals surface area contributed by atoms with Crippen LogP contribution in [0.1, 0.15) is 28.6 Å². The van der Waals surface area contributed by atoms with Gasteiger partial charge in [0.25, 0.3) is 5.91 Å². The van der Waals surface area contributed by atoms with Gasteiger partial charge < -0.3 is 14.3 Å². The maximum Gasteiger partial charge on any atom is 0.274 e. The van der Waals surface area contributed by atoms with Gasteiger partial charge in [-0.25, -0.2) is 5.43 Å². The van der Waals surface area contributed by atoms with E-state index in [1.54, 1.807) is 26.0 Å². The molecule has 0 saturated heterocycles. The molecule has 22 heavy (non-hydrogen) atoms. The van der Waals surface area contributed by atoms with E-state index in [1.807, 2.05) is 0 Å². The fourth-order valence-corrected chi connectivity index (χ4v) is 2.00. The van der Waals surface area contributed by atoms with Crippen LogP contribution in [0.15, 0.2) is 34.0 Å². The molecule has 0 spiro atoms. The molecule has 0 aliphatic rings. The summed E-state index contributed by atoms with van der Waals surface area (Å²) in [6.07, 6.45) is 2.84. The number of ether oxygens (including phenoxy) is 1. The molecule has 0 aliphatic heterocycles. The Morgan fingerprint density at radius 1 is 1.55 bits per heavy atom. The van der Waals surface area contributed by atoms with Crippen LogP contribution in [-0.2, 0) is 0 Å². The summed E-state index contributed by atoms with van der Waals surface area (Å²) >= 11 is 5.91. The number of phenolic OH excluding ortho intramolecular Hbond substituents is 1. The number of amides is 1. The van der Waals surface area contributed by atoms with Crippen molar-refractivity contribution in [2.24, 2.45) is 5.10 Å². The zero-order chi connectivity index (χ0) is 16.1. The van der Waals surface area contributed by atoms with Crippen molar-refractivity contribution in [3.8, 4) is 11.5 Å². The largest absolute Gasteiger partial charge is 0.503 e. The first kappa shape index (κ1) is 15.9. The maximum atomic E-state index is 11.8.